The number of cyclic esters (lactones) is 1. The summed E-state index contributed by atoms with van der Waals surface area (Å²) in [6.45, 7) is 2.97. The van der Waals surface area contributed by atoms with Gasteiger partial charge in [0.05, 0.1) is 18.1 Å². The maximum atomic E-state index is 12.1. The van der Waals surface area contributed by atoms with Gasteiger partial charge < -0.3 is 10.1 Å². The number of carbonyl (C=O) groups excluding carboxylic acids is 1. The predicted molar refractivity (Wildman–Crippen MR) is 94.0 cm³/mol. The maximum Gasteiger partial charge on any atom is 0.414 e. The zero-order chi connectivity index (χ0) is 15.5. The number of hydrogen-bond donors (Lipinski definition) is 1. The summed E-state index contributed by atoms with van der Waals surface area (Å²) in [6, 6.07) is 6.31. The fourth-order valence-corrected chi connectivity index (χ4v) is 3.93. The first-order chi connectivity index (χ1) is 10.6. The molecule has 2 aliphatic rings. The molecule has 3 rings (SSSR count). The summed E-state index contributed by atoms with van der Waals surface area (Å²) < 4.78 is 5.41. The molecule has 1 amide bonds. The second-order valence-electron chi connectivity index (χ2n) is 5.65. The van der Waals surface area contributed by atoms with Crippen molar-refractivity contribution in [3.63, 3.8) is 0 Å². The summed E-state index contributed by atoms with van der Waals surface area (Å²) in [4.78, 5) is 15.9. The molecule has 4 nitrogen and oxygen atoms in total. The van der Waals surface area contributed by atoms with Crippen LogP contribution in [0.4, 0.5) is 10.5 Å². The third kappa shape index (κ3) is 3.55. The highest BCUT2D eigenvalue weighted by Crippen LogP contribution is 2.33. The van der Waals surface area contributed by atoms with E-state index in [0.717, 1.165) is 17.1 Å². The summed E-state index contributed by atoms with van der Waals surface area (Å²) in [5.74, 6) is 1.18. The molecular weight excluding hydrogens is 316 g/mol. The highest BCUT2D eigenvalue weighted by Gasteiger charge is 2.32. The molecule has 1 atom stereocenters. The van der Waals surface area contributed by atoms with Gasteiger partial charge in [-0.3, -0.25) is 4.90 Å². The van der Waals surface area contributed by atoms with E-state index in [1.165, 1.54) is 29.1 Å². The van der Waals surface area contributed by atoms with Crippen LogP contribution in [0.25, 0.3) is 0 Å². The van der Waals surface area contributed by atoms with E-state index in [1.807, 2.05) is 24.8 Å². The number of hydrogen-bond acceptors (Lipinski definition) is 4. The Labute approximate surface area is 140 Å². The van der Waals surface area contributed by atoms with Crippen molar-refractivity contribution < 1.29 is 9.53 Å². The average molecular weight is 336 g/mol. The molecule has 22 heavy (non-hydrogen) atoms. The van der Waals surface area contributed by atoms with Gasteiger partial charge in [-0.15, -0.1) is 11.8 Å². The molecule has 0 unspecified atom stereocenters. The molecule has 1 fully saturated rings. The number of nitrogens with zero attached hydrogens (tertiary/aromatic N) is 1. The predicted octanol–water partition coefficient (Wildman–Crippen LogP) is 3.38. The first-order valence-electron chi connectivity index (χ1n) is 7.62. The zero-order valence-corrected chi connectivity index (χ0v) is 14.3. The Morgan fingerprint density at radius 2 is 2.36 bits per heavy atom. The Morgan fingerprint density at radius 3 is 3.18 bits per heavy atom. The standard InChI is InChI=1S/C16H20N2O2S2/c1-11(21)17-9-14-10-18(16(19)20-14)13-5-6-15-12(8-13)4-2-3-7-22-15/h5-6,8,14H,2-4,7,9-10H2,1H3,(H,17,21)/t14-/m0/s1. The minimum atomic E-state index is -0.268. The molecule has 2 aliphatic heterocycles. The van der Waals surface area contributed by atoms with Gasteiger partial charge >= 0.3 is 6.09 Å². The highest BCUT2D eigenvalue weighted by atomic mass is 32.2. The first-order valence-corrected chi connectivity index (χ1v) is 9.01. The van der Waals surface area contributed by atoms with Crippen molar-refractivity contribution in [1.29, 1.82) is 0 Å². The monoisotopic (exact) mass is 336 g/mol. The van der Waals surface area contributed by atoms with Crippen LogP contribution in [0, 0.1) is 0 Å². The number of thioether (sulfide) groups is 1. The third-order valence-electron chi connectivity index (χ3n) is 3.91. The number of thiocarbonyl (C=S) groups is 1. The Morgan fingerprint density at radius 1 is 1.50 bits per heavy atom. The number of rotatable bonds is 3. The molecule has 0 aliphatic carbocycles. The van der Waals surface area contributed by atoms with Crippen molar-refractivity contribution in [3.05, 3.63) is 23.8 Å². The lowest BCUT2D eigenvalue weighted by Gasteiger charge is -2.16. The quantitative estimate of drug-likeness (QED) is 0.857. The van der Waals surface area contributed by atoms with Crippen LogP contribution in [0.15, 0.2) is 23.1 Å². The molecule has 1 saturated heterocycles. The Bertz CT molecular complexity index is 592. The Kier molecular flexibility index (Phi) is 4.88. The molecule has 0 bridgehead atoms. The van der Waals surface area contributed by atoms with E-state index in [9.17, 15) is 4.79 Å². The van der Waals surface area contributed by atoms with Crippen molar-refractivity contribution in [2.45, 2.75) is 37.2 Å². The second kappa shape index (κ2) is 6.87. The largest absolute Gasteiger partial charge is 0.442 e. The van der Waals surface area contributed by atoms with Gasteiger partial charge in [-0.25, -0.2) is 4.79 Å². The lowest BCUT2D eigenvalue weighted by atomic mass is 10.1. The molecule has 1 aromatic carbocycles. The topological polar surface area (TPSA) is 41.6 Å². The molecule has 118 valence electrons. The van der Waals surface area contributed by atoms with Gasteiger partial charge in [0, 0.05) is 10.6 Å². The van der Waals surface area contributed by atoms with Gasteiger partial charge in [0.2, 0.25) is 0 Å². The van der Waals surface area contributed by atoms with E-state index in [1.54, 1.807) is 4.90 Å². The van der Waals surface area contributed by atoms with Crippen LogP contribution < -0.4 is 10.2 Å². The molecular formula is C16H20N2O2S2. The number of carbonyl (C=O) groups is 1. The van der Waals surface area contributed by atoms with Crippen LogP contribution in [0.1, 0.15) is 25.3 Å². The van der Waals surface area contributed by atoms with Crippen molar-refractivity contribution in [3.8, 4) is 0 Å². The minimum absolute atomic E-state index is 0.154. The molecule has 0 saturated carbocycles. The lowest BCUT2D eigenvalue weighted by molar-refractivity contribution is 0.143. The number of fused-ring (bicyclic) bond motifs is 1. The van der Waals surface area contributed by atoms with Crippen LogP contribution in [-0.4, -0.2) is 36.0 Å². The summed E-state index contributed by atoms with van der Waals surface area (Å²) in [5, 5.41) is 3.06. The summed E-state index contributed by atoms with van der Waals surface area (Å²) in [6.07, 6.45) is 3.14. The fourth-order valence-electron chi connectivity index (χ4n) is 2.77. The molecule has 0 spiro atoms. The number of ether oxygens (including phenoxy) is 1. The fraction of sp³-hybridized carbons (Fsp3) is 0.500. The van der Waals surface area contributed by atoms with Crippen LogP contribution in [0.2, 0.25) is 0 Å². The minimum Gasteiger partial charge on any atom is -0.442 e. The van der Waals surface area contributed by atoms with Gasteiger partial charge in [-0.05, 0) is 55.7 Å². The smallest absolute Gasteiger partial charge is 0.414 e. The van der Waals surface area contributed by atoms with E-state index in [4.69, 9.17) is 17.0 Å². The maximum absolute atomic E-state index is 12.1. The Balaban J connectivity index is 1.72. The van der Waals surface area contributed by atoms with E-state index < -0.39 is 0 Å². The number of anilines is 1. The molecule has 1 aromatic rings. The second-order valence-corrected chi connectivity index (χ2v) is 7.40. The van der Waals surface area contributed by atoms with Gasteiger partial charge in [-0.1, -0.05) is 12.2 Å². The average Bonchev–Trinajstić information content (AvgIpc) is 2.71. The molecule has 1 N–H and O–H groups in total. The van der Waals surface area contributed by atoms with Gasteiger partial charge in [0.1, 0.15) is 6.10 Å². The van der Waals surface area contributed by atoms with Crippen LogP contribution in [0.5, 0.6) is 0 Å². The number of amides is 1. The highest BCUT2D eigenvalue weighted by molar-refractivity contribution is 7.99. The van der Waals surface area contributed by atoms with Crippen molar-refractivity contribution in [2.24, 2.45) is 0 Å². The van der Waals surface area contributed by atoms with Crippen molar-refractivity contribution >= 4 is 40.7 Å². The molecule has 0 aromatic heterocycles. The molecule has 6 heteroatoms. The first kappa shape index (κ1) is 15.6. The summed E-state index contributed by atoms with van der Waals surface area (Å²) in [7, 11) is 0. The van der Waals surface area contributed by atoms with E-state index in [-0.39, 0.29) is 12.2 Å². The third-order valence-corrected chi connectivity index (χ3v) is 5.25. The van der Waals surface area contributed by atoms with Gasteiger partial charge in [0.25, 0.3) is 0 Å². The summed E-state index contributed by atoms with van der Waals surface area (Å²) >= 11 is 6.91. The molecule has 0 radical (unpaired) electrons. The van der Waals surface area contributed by atoms with Crippen LogP contribution >= 0.6 is 24.0 Å². The van der Waals surface area contributed by atoms with Crippen molar-refractivity contribution in [2.75, 3.05) is 23.7 Å². The van der Waals surface area contributed by atoms with Gasteiger partial charge in [0.15, 0.2) is 0 Å². The Hall–Kier alpha value is -1.27. The lowest BCUT2D eigenvalue weighted by Crippen LogP contribution is -2.32. The normalized spacial score (nSPS) is 21.0. The van der Waals surface area contributed by atoms with E-state index in [0.29, 0.717) is 13.1 Å². The number of aryl methyl sites for hydroxylation is 1. The SMILES string of the molecule is CC(=S)NC[C@H]1CN(c2ccc3c(c2)CCCCS3)C(=O)O1. The van der Waals surface area contributed by atoms with Crippen LogP contribution in [0.3, 0.4) is 0 Å². The van der Waals surface area contributed by atoms with Gasteiger partial charge in [-0.2, -0.15) is 0 Å². The summed E-state index contributed by atoms with van der Waals surface area (Å²) in [5.41, 5.74) is 2.29. The number of nitrogens with one attached hydrogen (secondary N) is 1. The van der Waals surface area contributed by atoms with Crippen molar-refractivity contribution in [1.82, 2.24) is 5.32 Å². The number of benzene rings is 1. The van der Waals surface area contributed by atoms with E-state index in [2.05, 4.69) is 17.4 Å². The zero-order valence-electron chi connectivity index (χ0n) is 12.6. The molecule has 2 heterocycles. The van der Waals surface area contributed by atoms with E-state index >= 15 is 0 Å². The van der Waals surface area contributed by atoms with Crippen LogP contribution in [-0.2, 0) is 11.2 Å².